The van der Waals surface area contributed by atoms with Crippen molar-refractivity contribution in [2.24, 2.45) is 0 Å². The van der Waals surface area contributed by atoms with Crippen molar-refractivity contribution in [1.29, 1.82) is 0 Å². The van der Waals surface area contributed by atoms with Crippen LogP contribution in [-0.4, -0.2) is 25.0 Å². The molecule has 0 bridgehead atoms. The lowest BCUT2D eigenvalue weighted by molar-refractivity contribution is -0.118. The van der Waals surface area contributed by atoms with E-state index in [9.17, 15) is 13.9 Å². The molecule has 96 valence electrons. The van der Waals surface area contributed by atoms with Crippen LogP contribution in [0.3, 0.4) is 0 Å². The second-order valence-corrected chi connectivity index (χ2v) is 7.66. The van der Waals surface area contributed by atoms with Gasteiger partial charge in [-0.1, -0.05) is 27.5 Å². The Morgan fingerprint density at radius 2 is 1.82 bits per heavy atom. The highest BCUT2D eigenvalue weighted by molar-refractivity contribution is 9.09. The fourth-order valence-electron chi connectivity index (χ4n) is 1.24. The number of ketones is 1. The number of carbonyl (C=O) groups excluding carboxylic acids is 1. The summed E-state index contributed by atoms with van der Waals surface area (Å²) in [5.74, 6) is -0.257. The molecule has 0 heterocycles. The third-order valence-corrected chi connectivity index (χ3v) is 5.99. The Morgan fingerprint density at radius 1 is 1.35 bits per heavy atom. The lowest BCUT2D eigenvalue weighted by Gasteiger charge is -2.45. The molecule has 0 unspecified atom stereocenters. The van der Waals surface area contributed by atoms with E-state index >= 15 is 0 Å². The number of halogens is 2. The normalized spacial score (nSPS) is 13.5. The first kappa shape index (κ1) is 15.0. The van der Waals surface area contributed by atoms with Gasteiger partial charge in [0.15, 0.2) is 5.78 Å². The molecule has 0 aliphatic rings. The fourth-order valence-corrected chi connectivity index (χ4v) is 3.75. The number of alkyl halides is 1. The number of hydrogen-bond donors (Lipinski definition) is 2. The van der Waals surface area contributed by atoms with Crippen molar-refractivity contribution in [3.63, 3.8) is 0 Å². The minimum Gasteiger partial charge on any atom is -0.296 e. The average molecular weight is 342 g/mol. The summed E-state index contributed by atoms with van der Waals surface area (Å²) in [5.41, 5.74) is 0. The largest absolute Gasteiger partial charge is 0.296 e. The molecule has 3 nitrogen and oxygen atoms in total. The van der Waals surface area contributed by atoms with Gasteiger partial charge < -0.3 is 0 Å². The van der Waals surface area contributed by atoms with Crippen molar-refractivity contribution in [2.45, 2.75) is 23.5 Å². The Bertz CT molecular complexity index is 417. The Labute approximate surface area is 116 Å². The predicted molar refractivity (Wildman–Crippen MR) is 75.4 cm³/mol. The molecular formula is C11H14BrClO3S. The van der Waals surface area contributed by atoms with Gasteiger partial charge in [0, 0.05) is 5.02 Å². The van der Waals surface area contributed by atoms with E-state index in [2.05, 4.69) is 15.9 Å². The summed E-state index contributed by atoms with van der Waals surface area (Å²) in [5, 5.41) is 0.595. The van der Waals surface area contributed by atoms with Gasteiger partial charge in [-0.05, 0) is 38.1 Å². The second kappa shape index (κ2) is 5.28. The molecule has 0 atom stereocenters. The Kier molecular flexibility index (Phi) is 4.66. The minimum absolute atomic E-state index is 0.0868. The number of rotatable bonds is 4. The van der Waals surface area contributed by atoms with Crippen LogP contribution < -0.4 is 0 Å². The van der Waals surface area contributed by atoms with Crippen LogP contribution in [-0.2, 0) is 4.79 Å². The van der Waals surface area contributed by atoms with E-state index in [0.717, 1.165) is 0 Å². The van der Waals surface area contributed by atoms with Crippen LogP contribution in [0.5, 0.6) is 0 Å². The summed E-state index contributed by atoms with van der Waals surface area (Å²) in [6.45, 7) is 3.06. The molecule has 6 heteroatoms. The van der Waals surface area contributed by atoms with Crippen LogP contribution >= 0.6 is 38.1 Å². The number of benzene rings is 1. The zero-order valence-electron chi connectivity index (χ0n) is 9.48. The average Bonchev–Trinajstić information content (AvgIpc) is 2.28. The van der Waals surface area contributed by atoms with Crippen LogP contribution in [0.15, 0.2) is 29.2 Å². The van der Waals surface area contributed by atoms with Gasteiger partial charge in [-0.3, -0.25) is 13.9 Å². The summed E-state index contributed by atoms with van der Waals surface area (Å²) >= 11 is 8.79. The van der Waals surface area contributed by atoms with Gasteiger partial charge in [-0.15, -0.1) is 0 Å². The summed E-state index contributed by atoms with van der Waals surface area (Å²) in [4.78, 5) is 12.1. The fraction of sp³-hybridized carbons (Fsp3) is 0.364. The van der Waals surface area contributed by atoms with E-state index in [1.165, 1.54) is 26.0 Å². The monoisotopic (exact) mass is 340 g/mol. The Hall–Kier alpha value is -0.0700. The molecule has 0 spiro atoms. The zero-order chi connectivity index (χ0) is 13.3. The first-order valence-electron chi connectivity index (χ1n) is 4.86. The van der Waals surface area contributed by atoms with E-state index in [0.29, 0.717) is 9.92 Å². The molecule has 0 fully saturated rings. The van der Waals surface area contributed by atoms with E-state index < -0.39 is 15.3 Å². The molecule has 1 aromatic rings. The third kappa shape index (κ3) is 2.85. The molecular weight excluding hydrogens is 328 g/mol. The summed E-state index contributed by atoms with van der Waals surface area (Å²) in [6.07, 6.45) is 0. The van der Waals surface area contributed by atoms with E-state index in [1.54, 1.807) is 12.1 Å². The van der Waals surface area contributed by atoms with Gasteiger partial charge >= 0.3 is 0 Å². The molecule has 0 amide bonds. The second-order valence-electron chi connectivity index (χ2n) is 4.07. The standard InChI is InChI=1S/C11H14BrClO3S/c1-11(2,10(14)7-12)17(15,16)9-5-3-8(13)4-6-9/h3-6,15-16H,7H2,1-2H3. The smallest absolute Gasteiger partial charge is 0.168 e. The van der Waals surface area contributed by atoms with Crippen molar-refractivity contribution >= 4 is 43.9 Å². The highest BCUT2D eigenvalue weighted by atomic mass is 79.9. The molecule has 0 aromatic heterocycles. The van der Waals surface area contributed by atoms with Crippen molar-refractivity contribution in [1.82, 2.24) is 0 Å². The molecule has 2 N–H and O–H groups in total. The topological polar surface area (TPSA) is 57.5 Å². The highest BCUT2D eigenvalue weighted by Crippen LogP contribution is 2.59. The van der Waals surface area contributed by atoms with E-state index in [-0.39, 0.29) is 11.1 Å². The summed E-state index contributed by atoms with van der Waals surface area (Å²) < 4.78 is 19.3. The zero-order valence-corrected chi connectivity index (χ0v) is 12.6. The Morgan fingerprint density at radius 3 is 2.24 bits per heavy atom. The molecule has 1 rings (SSSR count). The van der Waals surface area contributed by atoms with E-state index in [1.807, 2.05) is 0 Å². The van der Waals surface area contributed by atoms with Gasteiger partial charge in [-0.25, -0.2) is 0 Å². The van der Waals surface area contributed by atoms with Crippen LogP contribution in [0.1, 0.15) is 13.8 Å². The first-order valence-corrected chi connectivity index (χ1v) is 7.90. The molecule has 0 saturated carbocycles. The van der Waals surface area contributed by atoms with Crippen LogP contribution in [0.4, 0.5) is 0 Å². The van der Waals surface area contributed by atoms with Crippen LogP contribution in [0.25, 0.3) is 0 Å². The van der Waals surface area contributed by atoms with Crippen LogP contribution in [0.2, 0.25) is 5.02 Å². The lowest BCUT2D eigenvalue weighted by Crippen LogP contribution is -2.38. The van der Waals surface area contributed by atoms with Crippen molar-refractivity contribution in [3.05, 3.63) is 29.3 Å². The van der Waals surface area contributed by atoms with Gasteiger partial charge in [0.2, 0.25) is 0 Å². The van der Waals surface area contributed by atoms with Crippen molar-refractivity contribution < 1.29 is 13.9 Å². The number of hydrogen-bond acceptors (Lipinski definition) is 3. The van der Waals surface area contributed by atoms with E-state index in [4.69, 9.17) is 11.6 Å². The highest BCUT2D eigenvalue weighted by Gasteiger charge is 2.41. The molecule has 1 aromatic carbocycles. The van der Waals surface area contributed by atoms with Gasteiger partial charge in [0.25, 0.3) is 0 Å². The maximum Gasteiger partial charge on any atom is 0.168 e. The first-order chi connectivity index (χ1) is 7.73. The molecule has 0 aliphatic carbocycles. The number of Topliss-reactive ketones (excluding diaryl/α,β-unsaturated/α-hetero) is 1. The maximum atomic E-state index is 11.7. The predicted octanol–water partition coefficient (Wildman–Crippen LogP) is 4.19. The Balaban J connectivity index is 3.18. The SMILES string of the molecule is CC(C)(C(=O)CBr)S(O)(O)c1ccc(Cl)cc1. The molecule has 0 aliphatic heterocycles. The van der Waals surface area contributed by atoms with Crippen LogP contribution in [0, 0.1) is 0 Å². The maximum absolute atomic E-state index is 11.7. The minimum atomic E-state index is -3.20. The van der Waals surface area contributed by atoms with Gasteiger partial charge in [0.1, 0.15) is 4.75 Å². The number of carbonyl (C=O) groups is 1. The van der Waals surface area contributed by atoms with Gasteiger partial charge in [-0.2, -0.15) is 10.6 Å². The van der Waals surface area contributed by atoms with Gasteiger partial charge in [0.05, 0.1) is 10.2 Å². The summed E-state index contributed by atoms with van der Waals surface area (Å²) in [7, 11) is -3.20. The molecule has 0 radical (unpaired) electrons. The summed E-state index contributed by atoms with van der Waals surface area (Å²) in [6, 6.07) is 6.20. The lowest BCUT2D eigenvalue weighted by atomic mass is 10.1. The quantitative estimate of drug-likeness (QED) is 0.807. The van der Waals surface area contributed by atoms with Crippen molar-refractivity contribution in [3.8, 4) is 0 Å². The third-order valence-electron chi connectivity index (χ3n) is 2.65. The molecule has 0 saturated heterocycles. The van der Waals surface area contributed by atoms with Crippen molar-refractivity contribution in [2.75, 3.05) is 5.33 Å². The molecule has 17 heavy (non-hydrogen) atoms.